The number of hydrogen-bond acceptors (Lipinski definition) is 5. The summed E-state index contributed by atoms with van der Waals surface area (Å²) in [7, 11) is -3.60. The number of anilines is 1. The van der Waals surface area contributed by atoms with Gasteiger partial charge in [0.2, 0.25) is 0 Å². The fourth-order valence-corrected chi connectivity index (χ4v) is 6.25. The molecule has 0 unspecified atom stereocenters. The van der Waals surface area contributed by atoms with Gasteiger partial charge in [-0.2, -0.15) is 0 Å². The van der Waals surface area contributed by atoms with Gasteiger partial charge in [-0.05, 0) is 67.1 Å². The van der Waals surface area contributed by atoms with Gasteiger partial charge in [-0.1, -0.05) is 62.7 Å². The Balaban J connectivity index is 1.44. The molecule has 0 aliphatic carbocycles. The van der Waals surface area contributed by atoms with Gasteiger partial charge in [0, 0.05) is 31.7 Å². The highest BCUT2D eigenvalue weighted by Crippen LogP contribution is 2.29. The lowest BCUT2D eigenvalue weighted by molar-refractivity contribution is 0.0745. The zero-order valence-corrected chi connectivity index (χ0v) is 24.2. The summed E-state index contributed by atoms with van der Waals surface area (Å²) >= 11 is 0. The third-order valence-electron chi connectivity index (χ3n) is 7.23. The van der Waals surface area contributed by atoms with Crippen LogP contribution < -0.4 is 9.64 Å². The second-order valence-corrected chi connectivity index (χ2v) is 12.2. The third-order valence-corrected chi connectivity index (χ3v) is 8.92. The van der Waals surface area contributed by atoms with Crippen LogP contribution in [0.5, 0.6) is 5.75 Å². The van der Waals surface area contributed by atoms with E-state index in [-0.39, 0.29) is 16.6 Å². The Hall–Kier alpha value is -3.32. The van der Waals surface area contributed by atoms with Crippen LogP contribution in [0.3, 0.4) is 0 Å². The van der Waals surface area contributed by atoms with E-state index in [1.807, 2.05) is 54.3 Å². The number of piperazine rings is 1. The van der Waals surface area contributed by atoms with E-state index in [4.69, 9.17) is 4.74 Å². The smallest absolute Gasteiger partial charge is 0.254 e. The molecule has 208 valence electrons. The van der Waals surface area contributed by atoms with Gasteiger partial charge in [0.15, 0.2) is 9.84 Å². The van der Waals surface area contributed by atoms with Crippen LogP contribution in [-0.2, 0) is 22.0 Å². The number of para-hydroxylation sites is 2. The van der Waals surface area contributed by atoms with E-state index >= 15 is 0 Å². The number of carbonyl (C=O) groups excluding carboxylic acids is 1. The van der Waals surface area contributed by atoms with Crippen LogP contribution in [0.15, 0.2) is 71.6 Å². The van der Waals surface area contributed by atoms with Gasteiger partial charge in [-0.25, -0.2) is 8.42 Å². The van der Waals surface area contributed by atoms with Crippen LogP contribution >= 0.6 is 0 Å². The van der Waals surface area contributed by atoms with E-state index in [1.165, 1.54) is 5.56 Å². The normalized spacial score (nSPS) is 13.9. The maximum absolute atomic E-state index is 13.5. The van der Waals surface area contributed by atoms with Crippen LogP contribution in [-0.4, -0.2) is 52.0 Å². The highest BCUT2D eigenvalue weighted by molar-refractivity contribution is 7.90. The molecule has 0 saturated carbocycles. The van der Waals surface area contributed by atoms with Crippen LogP contribution in [0.1, 0.15) is 60.2 Å². The van der Waals surface area contributed by atoms with Gasteiger partial charge in [-0.3, -0.25) is 4.79 Å². The maximum Gasteiger partial charge on any atom is 0.254 e. The van der Waals surface area contributed by atoms with Gasteiger partial charge < -0.3 is 14.5 Å². The summed E-state index contributed by atoms with van der Waals surface area (Å²) in [6, 6.07) is 20.7. The molecule has 39 heavy (non-hydrogen) atoms. The Morgan fingerprint density at radius 2 is 1.56 bits per heavy atom. The molecule has 7 heteroatoms. The minimum atomic E-state index is -3.60. The van der Waals surface area contributed by atoms with Gasteiger partial charge in [0.25, 0.3) is 5.91 Å². The average Bonchev–Trinajstić information content (AvgIpc) is 2.95. The lowest BCUT2D eigenvalue weighted by atomic mass is 10.1. The van der Waals surface area contributed by atoms with Crippen molar-refractivity contribution < 1.29 is 17.9 Å². The average molecular weight is 549 g/mol. The lowest BCUT2D eigenvalue weighted by Crippen LogP contribution is -2.49. The van der Waals surface area contributed by atoms with Gasteiger partial charge in [0.05, 0.1) is 22.9 Å². The highest BCUT2D eigenvalue weighted by Gasteiger charge is 2.26. The Labute approximate surface area is 233 Å². The molecule has 1 aliphatic rings. The molecular formula is C32H40N2O4S. The van der Waals surface area contributed by atoms with Crippen molar-refractivity contribution in [1.82, 2.24) is 4.90 Å². The lowest BCUT2D eigenvalue weighted by Gasteiger charge is -2.37. The van der Waals surface area contributed by atoms with E-state index in [9.17, 15) is 13.2 Å². The number of amides is 1. The molecule has 0 atom stereocenters. The van der Waals surface area contributed by atoms with Gasteiger partial charge in [-0.15, -0.1) is 0 Å². The van der Waals surface area contributed by atoms with E-state index in [0.717, 1.165) is 48.2 Å². The number of rotatable bonds is 11. The SMILES string of the molecule is CCCCc1ccc(CS(=O)(=O)c2ccc(C)c(C(=O)N3CCN(c4ccccc4OCCC)CC3)c2)cc1. The predicted octanol–water partition coefficient (Wildman–Crippen LogP) is 6.06. The Kier molecular flexibility index (Phi) is 9.68. The van der Waals surface area contributed by atoms with Crippen LogP contribution in [0.25, 0.3) is 0 Å². The highest BCUT2D eigenvalue weighted by atomic mass is 32.2. The first-order valence-electron chi connectivity index (χ1n) is 14.0. The summed E-state index contributed by atoms with van der Waals surface area (Å²) in [5.41, 5.74) is 4.24. The monoisotopic (exact) mass is 548 g/mol. The number of aryl methyl sites for hydroxylation is 2. The van der Waals surface area contributed by atoms with Crippen molar-refractivity contribution in [2.75, 3.05) is 37.7 Å². The van der Waals surface area contributed by atoms with Crippen molar-refractivity contribution >= 4 is 21.4 Å². The minimum absolute atomic E-state index is 0.0874. The predicted molar refractivity (Wildman–Crippen MR) is 157 cm³/mol. The largest absolute Gasteiger partial charge is 0.491 e. The number of carbonyl (C=O) groups is 1. The summed E-state index contributed by atoms with van der Waals surface area (Å²) in [4.78, 5) is 17.8. The summed E-state index contributed by atoms with van der Waals surface area (Å²) in [5.74, 6) is 0.652. The van der Waals surface area contributed by atoms with Crippen molar-refractivity contribution in [3.05, 3.63) is 89.0 Å². The molecule has 3 aromatic rings. The first kappa shape index (κ1) is 28.7. The van der Waals surface area contributed by atoms with E-state index in [2.05, 4.69) is 24.8 Å². The van der Waals surface area contributed by atoms with Crippen LogP contribution in [0.4, 0.5) is 5.69 Å². The first-order chi connectivity index (χ1) is 18.8. The quantitative estimate of drug-likeness (QED) is 0.291. The van der Waals surface area contributed by atoms with E-state index < -0.39 is 9.84 Å². The summed E-state index contributed by atoms with van der Waals surface area (Å²) in [6.07, 6.45) is 4.19. The molecule has 3 aromatic carbocycles. The maximum atomic E-state index is 13.5. The van der Waals surface area contributed by atoms with Crippen molar-refractivity contribution in [1.29, 1.82) is 0 Å². The van der Waals surface area contributed by atoms with Crippen LogP contribution in [0.2, 0.25) is 0 Å². The molecular weight excluding hydrogens is 508 g/mol. The molecule has 0 N–H and O–H groups in total. The Morgan fingerprint density at radius 3 is 2.26 bits per heavy atom. The molecule has 1 fully saturated rings. The zero-order valence-electron chi connectivity index (χ0n) is 23.4. The number of nitrogens with zero attached hydrogens (tertiary/aromatic N) is 2. The number of benzene rings is 3. The molecule has 6 nitrogen and oxygen atoms in total. The fourth-order valence-electron chi connectivity index (χ4n) is 4.88. The number of sulfone groups is 1. The van der Waals surface area contributed by atoms with E-state index in [0.29, 0.717) is 38.3 Å². The molecule has 1 saturated heterocycles. The molecule has 1 aliphatic heterocycles. The van der Waals surface area contributed by atoms with Crippen LogP contribution in [0, 0.1) is 6.92 Å². The van der Waals surface area contributed by atoms with Gasteiger partial charge in [0.1, 0.15) is 5.75 Å². The van der Waals surface area contributed by atoms with Crippen molar-refractivity contribution in [2.24, 2.45) is 0 Å². The van der Waals surface area contributed by atoms with Crippen molar-refractivity contribution in [3.63, 3.8) is 0 Å². The first-order valence-corrected chi connectivity index (χ1v) is 15.6. The summed E-state index contributed by atoms with van der Waals surface area (Å²) in [6.45, 7) is 9.25. The standard InChI is InChI=1S/C32H40N2O4S/c1-4-6-9-26-13-15-27(16-14-26)24-39(36,37)28-17-12-25(3)29(23-28)32(35)34-20-18-33(19-21-34)30-10-7-8-11-31(30)38-22-5-2/h7-8,10-17,23H,4-6,9,18-22,24H2,1-3H3. The number of hydrogen-bond donors (Lipinski definition) is 0. The zero-order chi connectivity index (χ0) is 27.8. The molecule has 0 spiro atoms. The number of unbranched alkanes of at least 4 members (excludes halogenated alkanes) is 1. The topological polar surface area (TPSA) is 66.9 Å². The summed E-state index contributed by atoms with van der Waals surface area (Å²) < 4.78 is 32.5. The van der Waals surface area contributed by atoms with Crippen molar-refractivity contribution in [2.45, 2.75) is 57.1 Å². The van der Waals surface area contributed by atoms with Crippen molar-refractivity contribution in [3.8, 4) is 5.75 Å². The fraction of sp³-hybridized carbons (Fsp3) is 0.406. The molecule has 0 bridgehead atoms. The minimum Gasteiger partial charge on any atom is -0.491 e. The summed E-state index contributed by atoms with van der Waals surface area (Å²) in [5, 5.41) is 0. The second-order valence-electron chi connectivity index (χ2n) is 10.3. The van der Waals surface area contributed by atoms with Gasteiger partial charge >= 0.3 is 0 Å². The third kappa shape index (κ3) is 7.21. The molecule has 1 heterocycles. The Morgan fingerprint density at radius 1 is 0.872 bits per heavy atom. The molecule has 0 radical (unpaired) electrons. The second kappa shape index (κ2) is 13.2. The Bertz CT molecular complexity index is 1360. The molecule has 4 rings (SSSR count). The van der Waals surface area contributed by atoms with E-state index in [1.54, 1.807) is 18.2 Å². The number of ether oxygens (including phenoxy) is 1. The molecule has 0 aromatic heterocycles. The molecule has 1 amide bonds.